The average molecular weight is 509 g/mol. The van der Waals surface area contributed by atoms with Gasteiger partial charge in [0.05, 0.1) is 0 Å². The van der Waals surface area contributed by atoms with E-state index in [9.17, 15) is 28.2 Å². The van der Waals surface area contributed by atoms with E-state index >= 15 is 0 Å². The van der Waals surface area contributed by atoms with Crippen LogP contribution in [0.15, 0.2) is 77.7 Å². The fourth-order valence-corrected chi connectivity index (χ4v) is 4.03. The van der Waals surface area contributed by atoms with Gasteiger partial charge in [0.25, 0.3) is 0 Å². The molecule has 11 heteroatoms. The standard InChI is InChI=1S/C24H20ClF3N2O5/c1-2-13-34-17-9-5-15(6-10-17)23(33)22(32,24(26,27)28)20(29-21(31)30-23)19-12-11-18(35-19)14-3-7-16(25)8-4-14/h2-12,20,32-33H,1,13H2,(H2,29,30,31)/t20-,22-,23-/m1/s1. The lowest BCUT2D eigenvalue weighted by Crippen LogP contribution is -2.77. The number of urea groups is 1. The van der Waals surface area contributed by atoms with E-state index in [0.29, 0.717) is 10.6 Å². The number of hydrogen-bond donors (Lipinski definition) is 4. The van der Waals surface area contributed by atoms with Gasteiger partial charge in [-0.25, -0.2) is 4.79 Å². The number of furan rings is 1. The highest BCUT2D eigenvalue weighted by molar-refractivity contribution is 6.30. The van der Waals surface area contributed by atoms with Crippen molar-refractivity contribution in [3.63, 3.8) is 0 Å². The molecule has 3 aromatic rings. The molecule has 35 heavy (non-hydrogen) atoms. The molecule has 1 fully saturated rings. The highest BCUT2D eigenvalue weighted by Gasteiger charge is 2.74. The molecule has 1 saturated heterocycles. The van der Waals surface area contributed by atoms with Crippen molar-refractivity contribution < 1.29 is 37.3 Å². The summed E-state index contributed by atoms with van der Waals surface area (Å²) >= 11 is 5.87. The zero-order chi connectivity index (χ0) is 25.4. The van der Waals surface area contributed by atoms with E-state index in [-0.39, 0.29) is 18.1 Å². The third kappa shape index (κ3) is 4.24. The zero-order valence-corrected chi connectivity index (χ0v) is 18.7. The van der Waals surface area contributed by atoms with Crippen LogP contribution >= 0.6 is 11.6 Å². The molecule has 2 amide bonds. The number of aliphatic hydroxyl groups is 2. The maximum Gasteiger partial charge on any atom is 0.424 e. The SMILES string of the molecule is C=CCOc1ccc([C@]2(O)NC(=O)N[C@H](c3ccc(-c4ccc(Cl)cc4)o3)[C@]2(O)C(F)(F)F)cc1. The molecule has 4 rings (SSSR count). The Labute approximate surface area is 202 Å². The molecule has 4 N–H and O–H groups in total. The van der Waals surface area contributed by atoms with E-state index in [0.717, 1.165) is 12.1 Å². The van der Waals surface area contributed by atoms with Crippen molar-refractivity contribution in [1.29, 1.82) is 0 Å². The first-order chi connectivity index (χ1) is 16.5. The second-order valence-corrected chi connectivity index (χ2v) is 8.28. The van der Waals surface area contributed by atoms with Crippen molar-refractivity contribution in [2.75, 3.05) is 6.61 Å². The van der Waals surface area contributed by atoms with E-state index in [1.807, 2.05) is 10.6 Å². The third-order valence-corrected chi connectivity index (χ3v) is 5.90. The summed E-state index contributed by atoms with van der Waals surface area (Å²) in [6.45, 7) is 3.65. The number of hydrogen-bond acceptors (Lipinski definition) is 5. The van der Waals surface area contributed by atoms with Crippen LogP contribution in [0.5, 0.6) is 5.75 Å². The fourth-order valence-electron chi connectivity index (χ4n) is 3.90. The van der Waals surface area contributed by atoms with E-state index in [4.69, 9.17) is 20.8 Å². The molecule has 0 bridgehead atoms. The first-order valence-corrected chi connectivity index (χ1v) is 10.7. The molecule has 1 aliphatic rings. The fraction of sp³-hybridized carbons (Fsp3) is 0.208. The highest BCUT2D eigenvalue weighted by atomic mass is 35.5. The Morgan fingerprint density at radius 3 is 2.34 bits per heavy atom. The molecule has 2 aromatic carbocycles. The molecule has 0 aliphatic carbocycles. The molecule has 2 heterocycles. The quantitative estimate of drug-likeness (QED) is 0.363. The lowest BCUT2D eigenvalue weighted by atomic mass is 9.75. The normalized spacial score (nSPS) is 24.4. The monoisotopic (exact) mass is 508 g/mol. The van der Waals surface area contributed by atoms with Gasteiger partial charge in [-0.15, -0.1) is 0 Å². The maximum absolute atomic E-state index is 14.5. The predicted molar refractivity (Wildman–Crippen MR) is 121 cm³/mol. The summed E-state index contributed by atoms with van der Waals surface area (Å²) in [5.74, 6) is 0.0264. The molecule has 7 nitrogen and oxygen atoms in total. The first kappa shape index (κ1) is 24.6. The van der Waals surface area contributed by atoms with Crippen molar-refractivity contribution in [2.45, 2.75) is 23.5 Å². The largest absolute Gasteiger partial charge is 0.490 e. The van der Waals surface area contributed by atoms with Crippen molar-refractivity contribution >= 4 is 17.6 Å². The van der Waals surface area contributed by atoms with Gasteiger partial charge in [-0.3, -0.25) is 0 Å². The second-order valence-electron chi connectivity index (χ2n) is 7.84. The molecule has 0 saturated carbocycles. The number of nitrogens with one attached hydrogen (secondary N) is 2. The smallest absolute Gasteiger partial charge is 0.424 e. The van der Waals surface area contributed by atoms with Crippen molar-refractivity contribution in [1.82, 2.24) is 10.6 Å². The minimum atomic E-state index is -5.43. The van der Waals surface area contributed by atoms with Crippen LogP contribution in [0, 0.1) is 0 Å². The van der Waals surface area contributed by atoms with Gasteiger partial charge in [0.2, 0.25) is 11.3 Å². The molecule has 0 unspecified atom stereocenters. The Hall–Kier alpha value is -3.47. The maximum atomic E-state index is 14.5. The average Bonchev–Trinajstić information content (AvgIpc) is 3.30. The third-order valence-electron chi connectivity index (χ3n) is 5.65. The Morgan fingerprint density at radius 2 is 1.74 bits per heavy atom. The number of carbonyl (C=O) groups excluding carboxylic acids is 1. The Morgan fingerprint density at radius 1 is 1.09 bits per heavy atom. The summed E-state index contributed by atoms with van der Waals surface area (Å²) in [6, 6.07) is 10.3. The number of benzene rings is 2. The topological polar surface area (TPSA) is 104 Å². The van der Waals surface area contributed by atoms with Crippen LogP contribution in [0.25, 0.3) is 11.3 Å². The first-order valence-electron chi connectivity index (χ1n) is 10.3. The van der Waals surface area contributed by atoms with Crippen LogP contribution in [0.4, 0.5) is 18.0 Å². The number of rotatable bonds is 6. The van der Waals surface area contributed by atoms with Gasteiger partial charge in [0.1, 0.15) is 29.9 Å². The van der Waals surface area contributed by atoms with Gasteiger partial charge < -0.3 is 30.0 Å². The lowest BCUT2D eigenvalue weighted by molar-refractivity contribution is -0.344. The molecule has 1 aromatic heterocycles. The number of amides is 2. The van der Waals surface area contributed by atoms with Crippen molar-refractivity contribution in [3.8, 4) is 17.1 Å². The molecule has 0 radical (unpaired) electrons. The molecule has 0 spiro atoms. The van der Waals surface area contributed by atoms with E-state index in [2.05, 4.69) is 6.58 Å². The molecule has 184 valence electrons. The Kier molecular flexibility index (Phi) is 6.31. The summed E-state index contributed by atoms with van der Waals surface area (Å²) in [7, 11) is 0. The summed E-state index contributed by atoms with van der Waals surface area (Å²) in [4.78, 5) is 12.4. The van der Waals surface area contributed by atoms with Crippen LogP contribution in [-0.2, 0) is 5.72 Å². The van der Waals surface area contributed by atoms with E-state index in [1.54, 1.807) is 24.3 Å². The summed E-state index contributed by atoms with van der Waals surface area (Å²) < 4.78 is 54.4. The predicted octanol–water partition coefficient (Wildman–Crippen LogP) is 4.66. The van der Waals surface area contributed by atoms with E-state index in [1.165, 1.54) is 30.3 Å². The van der Waals surface area contributed by atoms with Crippen molar-refractivity contribution in [2.24, 2.45) is 0 Å². The minimum Gasteiger partial charge on any atom is -0.490 e. The van der Waals surface area contributed by atoms with Gasteiger partial charge in [-0.05, 0) is 48.5 Å². The number of ether oxygens (including phenoxy) is 1. The van der Waals surface area contributed by atoms with Gasteiger partial charge in [-0.1, -0.05) is 36.4 Å². The Balaban J connectivity index is 1.79. The minimum absolute atomic E-state index is 0.146. The van der Waals surface area contributed by atoms with Crippen LogP contribution in [0.2, 0.25) is 5.02 Å². The number of halogens is 4. The lowest BCUT2D eigenvalue weighted by Gasteiger charge is -2.51. The molecular weight excluding hydrogens is 489 g/mol. The van der Waals surface area contributed by atoms with Crippen LogP contribution in [0.3, 0.4) is 0 Å². The Bertz CT molecular complexity index is 1230. The highest BCUT2D eigenvalue weighted by Crippen LogP contribution is 2.52. The molecular formula is C24H20ClF3N2O5. The van der Waals surface area contributed by atoms with Gasteiger partial charge >= 0.3 is 12.2 Å². The number of alkyl halides is 3. The number of carbonyl (C=O) groups is 1. The van der Waals surface area contributed by atoms with Crippen molar-refractivity contribution in [3.05, 3.63) is 89.7 Å². The summed E-state index contributed by atoms with van der Waals surface area (Å²) in [5, 5.41) is 26.7. The van der Waals surface area contributed by atoms with Crippen LogP contribution < -0.4 is 15.4 Å². The molecule has 1 aliphatic heterocycles. The summed E-state index contributed by atoms with van der Waals surface area (Å²) in [5.41, 5.74) is -7.14. The van der Waals surface area contributed by atoms with Crippen LogP contribution in [0.1, 0.15) is 17.4 Å². The second kappa shape index (κ2) is 8.95. The van der Waals surface area contributed by atoms with Crippen LogP contribution in [-0.4, -0.2) is 34.6 Å². The van der Waals surface area contributed by atoms with E-state index < -0.39 is 40.9 Å². The summed E-state index contributed by atoms with van der Waals surface area (Å²) in [6.07, 6.45) is -3.96. The van der Waals surface area contributed by atoms with Gasteiger partial charge in [0.15, 0.2) is 0 Å². The van der Waals surface area contributed by atoms with Gasteiger partial charge in [0, 0.05) is 16.1 Å². The van der Waals surface area contributed by atoms with Gasteiger partial charge in [-0.2, -0.15) is 13.2 Å². The molecule has 3 atom stereocenters. The zero-order valence-electron chi connectivity index (χ0n) is 18.0.